The molecule has 11 nitrogen and oxygen atoms in total. The van der Waals surface area contributed by atoms with Gasteiger partial charge < -0.3 is 30.9 Å². The minimum Gasteiger partial charge on any atom is -0.508 e. The van der Waals surface area contributed by atoms with Gasteiger partial charge in [0, 0.05) is 17.9 Å². The average Bonchev–Trinajstić information content (AvgIpc) is 2.82. The molecule has 204 valence electrons. The number of hydrogen-bond donors (Lipinski definition) is 6. The van der Waals surface area contributed by atoms with Gasteiger partial charge in [0.15, 0.2) is 11.4 Å². The molecule has 0 aliphatic heterocycles. The molecule has 1 fully saturated rings. The van der Waals surface area contributed by atoms with Gasteiger partial charge >= 0.3 is 6.09 Å². The number of ketones is 2. The number of carbonyl (C=O) groups is 4. The number of nitrogens with two attached hydrogens (primary N) is 1. The van der Waals surface area contributed by atoms with Crippen LogP contribution in [-0.2, 0) is 25.5 Å². The maximum absolute atomic E-state index is 13.7. The highest BCUT2D eigenvalue weighted by molar-refractivity contribution is 6.22. The van der Waals surface area contributed by atoms with Crippen LogP contribution in [0.2, 0.25) is 0 Å². The third-order valence-corrected chi connectivity index (χ3v) is 7.69. The van der Waals surface area contributed by atoms with Gasteiger partial charge in [0.05, 0.1) is 17.9 Å². The van der Waals surface area contributed by atoms with Gasteiger partial charge in [0.25, 0.3) is 5.91 Å². The van der Waals surface area contributed by atoms with E-state index >= 15 is 0 Å². The van der Waals surface area contributed by atoms with E-state index in [1.54, 1.807) is 6.07 Å². The third-order valence-electron chi connectivity index (χ3n) is 7.69. The summed E-state index contributed by atoms with van der Waals surface area (Å²) in [6.45, 7) is 5.91. The number of aromatic hydroxyl groups is 1. The van der Waals surface area contributed by atoms with Gasteiger partial charge in [-0.05, 0) is 48.3 Å². The molecule has 3 aliphatic carbocycles. The minimum atomic E-state index is -2.63. The number of unbranched alkanes of at least 4 members (excludes halogenated alkanes) is 1. The molecule has 0 unspecified atom stereocenters. The van der Waals surface area contributed by atoms with Crippen LogP contribution in [0.1, 0.15) is 69.1 Å². The van der Waals surface area contributed by atoms with E-state index in [0.717, 1.165) is 6.42 Å². The predicted octanol–water partition coefficient (Wildman–Crippen LogP) is 2.90. The van der Waals surface area contributed by atoms with Crippen molar-refractivity contribution in [2.45, 2.75) is 64.4 Å². The summed E-state index contributed by atoms with van der Waals surface area (Å²) < 4.78 is 5.12. The number of phenols is 1. The van der Waals surface area contributed by atoms with Crippen LogP contribution in [0.15, 0.2) is 23.0 Å². The zero-order chi connectivity index (χ0) is 28.1. The second-order valence-corrected chi connectivity index (χ2v) is 10.4. The van der Waals surface area contributed by atoms with Crippen LogP contribution in [0.5, 0.6) is 5.75 Å². The molecule has 3 atom stereocenters. The maximum atomic E-state index is 13.7. The maximum Gasteiger partial charge on any atom is 0.411 e. The first-order valence-corrected chi connectivity index (χ1v) is 12.6. The lowest BCUT2D eigenvalue weighted by molar-refractivity contribution is -0.147. The van der Waals surface area contributed by atoms with Crippen molar-refractivity contribution in [2.24, 2.45) is 17.6 Å². The first-order chi connectivity index (χ1) is 17.8. The quantitative estimate of drug-likeness (QED) is 0.183. The van der Waals surface area contributed by atoms with Gasteiger partial charge in [-0.3, -0.25) is 19.7 Å². The summed E-state index contributed by atoms with van der Waals surface area (Å²) in [5, 5.41) is 47.0. The van der Waals surface area contributed by atoms with E-state index in [4.69, 9.17) is 10.5 Å². The number of carbonyl (C=O) groups excluding carboxylic acids is 4. The summed E-state index contributed by atoms with van der Waals surface area (Å²) >= 11 is 0. The number of amides is 2. The molecule has 38 heavy (non-hydrogen) atoms. The topological polar surface area (TPSA) is 196 Å². The van der Waals surface area contributed by atoms with Gasteiger partial charge in [0.2, 0.25) is 5.78 Å². The van der Waals surface area contributed by atoms with E-state index < -0.39 is 63.8 Å². The first-order valence-electron chi connectivity index (χ1n) is 12.6. The molecule has 2 amide bonds. The normalized spacial score (nSPS) is 24.7. The van der Waals surface area contributed by atoms with Crippen LogP contribution < -0.4 is 11.1 Å². The van der Waals surface area contributed by atoms with Gasteiger partial charge in [-0.1, -0.05) is 27.2 Å². The van der Waals surface area contributed by atoms with Crippen molar-refractivity contribution in [1.29, 1.82) is 0 Å². The van der Waals surface area contributed by atoms with Crippen molar-refractivity contribution in [3.63, 3.8) is 0 Å². The Morgan fingerprint density at radius 3 is 2.50 bits per heavy atom. The molecular weight excluding hydrogens is 496 g/mol. The second kappa shape index (κ2) is 9.79. The fourth-order valence-corrected chi connectivity index (χ4v) is 5.78. The number of hydrogen-bond acceptors (Lipinski definition) is 9. The zero-order valence-electron chi connectivity index (χ0n) is 21.5. The number of rotatable bonds is 6. The van der Waals surface area contributed by atoms with Crippen LogP contribution >= 0.6 is 0 Å². The summed E-state index contributed by atoms with van der Waals surface area (Å²) in [4.78, 5) is 50.2. The monoisotopic (exact) mass is 528 g/mol. The number of aliphatic hydroxyl groups is 3. The van der Waals surface area contributed by atoms with Crippen LogP contribution in [0, 0.1) is 11.8 Å². The smallest absolute Gasteiger partial charge is 0.411 e. The number of fused-ring (bicyclic) bond motifs is 3. The highest BCUT2D eigenvalue weighted by Gasteiger charge is 2.60. The molecular formula is C27H32N2O9. The van der Waals surface area contributed by atoms with E-state index in [-0.39, 0.29) is 48.6 Å². The molecule has 1 aromatic rings. The van der Waals surface area contributed by atoms with Crippen molar-refractivity contribution < 1.29 is 44.3 Å². The molecule has 0 radical (unpaired) electrons. The van der Waals surface area contributed by atoms with Gasteiger partial charge in [-0.25, -0.2) is 4.79 Å². The van der Waals surface area contributed by atoms with E-state index in [0.29, 0.717) is 17.5 Å². The lowest BCUT2D eigenvalue weighted by Gasteiger charge is -2.46. The van der Waals surface area contributed by atoms with Crippen LogP contribution in [0.4, 0.5) is 10.5 Å². The SMILES string of the molecule is CCCCOC(=O)Nc1cc(C(C)C)c2c(c1O)C(O)=C1C(=O)[C@]3(O)C(O)=C(C(N)=O)C(=O)C[C@@H]3C[C@@H]1C2. The predicted molar refractivity (Wildman–Crippen MR) is 135 cm³/mol. The highest BCUT2D eigenvalue weighted by Crippen LogP contribution is 2.53. The van der Waals surface area contributed by atoms with Crippen molar-refractivity contribution >= 4 is 35.0 Å². The first kappa shape index (κ1) is 27.2. The molecule has 0 aromatic heterocycles. The molecule has 1 aromatic carbocycles. The molecule has 0 bridgehead atoms. The molecule has 11 heteroatoms. The number of phenolic OH excluding ortho intramolecular Hbond substituents is 1. The molecule has 0 spiro atoms. The third kappa shape index (κ3) is 4.10. The number of nitrogens with one attached hydrogen (secondary N) is 1. The van der Waals surface area contributed by atoms with E-state index in [1.807, 2.05) is 20.8 Å². The minimum absolute atomic E-state index is 0.0265. The Morgan fingerprint density at radius 1 is 1.21 bits per heavy atom. The van der Waals surface area contributed by atoms with Gasteiger partial charge in [-0.15, -0.1) is 0 Å². The Balaban J connectivity index is 1.85. The number of Topliss-reactive ketones (excluding diaryl/α,β-unsaturated/α-hetero) is 2. The number of primary amides is 1. The molecule has 1 saturated carbocycles. The Kier molecular flexibility index (Phi) is 7.00. The summed E-state index contributed by atoms with van der Waals surface area (Å²) in [5.41, 5.74) is 2.66. The van der Waals surface area contributed by atoms with E-state index in [2.05, 4.69) is 5.32 Å². The van der Waals surface area contributed by atoms with Crippen molar-refractivity contribution in [3.8, 4) is 5.75 Å². The van der Waals surface area contributed by atoms with Crippen molar-refractivity contribution in [3.05, 3.63) is 39.7 Å². The van der Waals surface area contributed by atoms with Crippen molar-refractivity contribution in [1.82, 2.24) is 0 Å². The molecule has 4 rings (SSSR count). The summed E-state index contributed by atoms with van der Waals surface area (Å²) in [6.07, 6.45) is 0.537. The summed E-state index contributed by atoms with van der Waals surface area (Å²) in [7, 11) is 0. The number of anilines is 1. The van der Waals surface area contributed by atoms with Gasteiger partial charge in [0.1, 0.15) is 22.8 Å². The Hall–Kier alpha value is -3.86. The van der Waals surface area contributed by atoms with Crippen molar-refractivity contribution in [2.75, 3.05) is 11.9 Å². The Labute approximate surface area is 219 Å². The molecule has 0 saturated heterocycles. The molecule has 3 aliphatic rings. The average molecular weight is 529 g/mol. The van der Waals surface area contributed by atoms with E-state index in [1.165, 1.54) is 0 Å². The van der Waals surface area contributed by atoms with Crippen LogP contribution in [0.25, 0.3) is 5.76 Å². The summed E-state index contributed by atoms with van der Waals surface area (Å²) in [6, 6.07) is 1.59. The highest BCUT2D eigenvalue weighted by atomic mass is 16.5. The number of ether oxygens (including phenoxy) is 1. The van der Waals surface area contributed by atoms with Gasteiger partial charge in [-0.2, -0.15) is 0 Å². The van der Waals surface area contributed by atoms with E-state index in [9.17, 15) is 39.6 Å². The lowest BCUT2D eigenvalue weighted by Crippen LogP contribution is -2.58. The fraction of sp³-hybridized carbons (Fsp3) is 0.481. The fourth-order valence-electron chi connectivity index (χ4n) is 5.78. The molecule has 0 heterocycles. The van der Waals surface area contributed by atoms with Crippen LogP contribution in [-0.4, -0.2) is 56.2 Å². The number of aliphatic hydroxyl groups excluding tert-OH is 2. The second-order valence-electron chi connectivity index (χ2n) is 10.4. The Morgan fingerprint density at radius 2 is 1.89 bits per heavy atom. The Bertz CT molecular complexity index is 1310. The largest absolute Gasteiger partial charge is 0.508 e. The molecule has 7 N–H and O–H groups in total. The number of benzene rings is 1. The zero-order valence-corrected chi connectivity index (χ0v) is 21.5. The lowest BCUT2D eigenvalue weighted by atomic mass is 9.59. The van der Waals surface area contributed by atoms with Crippen LogP contribution in [0.3, 0.4) is 0 Å². The standard InChI is InChI=1S/C27H32N2O9/c1-4-5-6-38-26(36)29-16-10-14(11(2)3)15-8-12-7-13-9-17(30)20(25(28)35)24(34)27(13,37)23(33)18(12)22(32)19(15)21(16)31/h10-13,31-32,34,37H,4-9H2,1-3H3,(H2,28,35)(H,29,36)/t12-,13+,27+/m1/s1. The summed E-state index contributed by atoms with van der Waals surface area (Å²) in [5.74, 6) is -7.12.